The van der Waals surface area contributed by atoms with E-state index < -0.39 is 0 Å². The van der Waals surface area contributed by atoms with Gasteiger partial charge in [-0.05, 0) is 38.5 Å². The van der Waals surface area contributed by atoms with E-state index in [1.165, 1.54) is 6.42 Å². The van der Waals surface area contributed by atoms with E-state index in [1.807, 2.05) is 0 Å². The van der Waals surface area contributed by atoms with E-state index in [4.69, 9.17) is 10.5 Å². The van der Waals surface area contributed by atoms with Gasteiger partial charge < -0.3 is 15.4 Å². The second-order valence-corrected chi connectivity index (χ2v) is 5.97. The van der Waals surface area contributed by atoms with Crippen molar-refractivity contribution < 1.29 is 14.3 Å². The number of esters is 1. The number of rotatable bonds is 6. The second-order valence-electron chi connectivity index (χ2n) is 5.97. The summed E-state index contributed by atoms with van der Waals surface area (Å²) in [6, 6.07) is 0.378. The molecule has 1 amide bonds. The second kappa shape index (κ2) is 7.07. The van der Waals surface area contributed by atoms with Crippen LogP contribution in [0.1, 0.15) is 51.9 Å². The SMILES string of the molecule is CCOC(=O)CN(C(=O)CC1CCCCC1N)C1CC1. The Morgan fingerprint density at radius 3 is 2.50 bits per heavy atom. The molecular formula is C15H26N2O3. The molecule has 2 N–H and O–H groups in total. The van der Waals surface area contributed by atoms with Crippen molar-refractivity contribution in [3.05, 3.63) is 0 Å². The average Bonchev–Trinajstić information content (AvgIpc) is 3.23. The number of amides is 1. The van der Waals surface area contributed by atoms with Gasteiger partial charge in [0, 0.05) is 18.5 Å². The average molecular weight is 282 g/mol. The predicted octanol–water partition coefficient (Wildman–Crippen LogP) is 1.45. The summed E-state index contributed by atoms with van der Waals surface area (Å²) in [6.07, 6.45) is 6.86. The predicted molar refractivity (Wildman–Crippen MR) is 75.9 cm³/mol. The first-order valence-electron chi connectivity index (χ1n) is 7.82. The lowest BCUT2D eigenvalue weighted by Crippen LogP contribution is -2.42. The molecule has 2 fully saturated rings. The number of hydrogen-bond donors (Lipinski definition) is 1. The molecule has 2 aliphatic carbocycles. The zero-order valence-corrected chi connectivity index (χ0v) is 12.3. The van der Waals surface area contributed by atoms with Gasteiger partial charge >= 0.3 is 5.97 Å². The molecule has 0 radical (unpaired) electrons. The molecule has 20 heavy (non-hydrogen) atoms. The van der Waals surface area contributed by atoms with E-state index in [0.717, 1.165) is 32.1 Å². The van der Waals surface area contributed by atoms with Crippen LogP contribution in [0.25, 0.3) is 0 Å². The highest BCUT2D eigenvalue weighted by molar-refractivity contribution is 5.82. The zero-order valence-electron chi connectivity index (χ0n) is 12.3. The van der Waals surface area contributed by atoms with Gasteiger partial charge in [-0.15, -0.1) is 0 Å². The molecule has 2 atom stereocenters. The van der Waals surface area contributed by atoms with Gasteiger partial charge in [-0.1, -0.05) is 12.8 Å². The van der Waals surface area contributed by atoms with Crippen LogP contribution in [0.3, 0.4) is 0 Å². The quantitative estimate of drug-likeness (QED) is 0.748. The highest BCUT2D eigenvalue weighted by Crippen LogP contribution is 2.30. The summed E-state index contributed by atoms with van der Waals surface area (Å²) >= 11 is 0. The summed E-state index contributed by atoms with van der Waals surface area (Å²) in [5.41, 5.74) is 6.11. The molecule has 0 bridgehead atoms. The summed E-state index contributed by atoms with van der Waals surface area (Å²) in [4.78, 5) is 25.8. The van der Waals surface area contributed by atoms with E-state index in [-0.39, 0.29) is 36.4 Å². The monoisotopic (exact) mass is 282 g/mol. The Bertz CT molecular complexity index is 355. The van der Waals surface area contributed by atoms with Crippen molar-refractivity contribution >= 4 is 11.9 Å². The van der Waals surface area contributed by atoms with E-state index in [2.05, 4.69) is 0 Å². The van der Waals surface area contributed by atoms with Crippen molar-refractivity contribution in [3.8, 4) is 0 Å². The minimum absolute atomic E-state index is 0.0721. The van der Waals surface area contributed by atoms with Gasteiger partial charge in [0.1, 0.15) is 6.54 Å². The van der Waals surface area contributed by atoms with Gasteiger partial charge in [0.05, 0.1) is 6.61 Å². The third-order valence-corrected chi connectivity index (χ3v) is 4.32. The van der Waals surface area contributed by atoms with Crippen molar-refractivity contribution in [2.45, 2.75) is 64.0 Å². The zero-order chi connectivity index (χ0) is 14.5. The summed E-state index contributed by atoms with van der Waals surface area (Å²) in [6.45, 7) is 2.24. The van der Waals surface area contributed by atoms with Crippen LogP contribution in [-0.4, -0.2) is 42.0 Å². The highest BCUT2D eigenvalue weighted by atomic mass is 16.5. The van der Waals surface area contributed by atoms with E-state index in [0.29, 0.717) is 13.0 Å². The fraction of sp³-hybridized carbons (Fsp3) is 0.867. The van der Waals surface area contributed by atoms with Crippen LogP contribution in [0, 0.1) is 5.92 Å². The number of carbonyl (C=O) groups is 2. The molecule has 2 saturated carbocycles. The molecule has 2 unspecified atom stereocenters. The van der Waals surface area contributed by atoms with Crippen LogP contribution in [0.4, 0.5) is 0 Å². The lowest BCUT2D eigenvalue weighted by Gasteiger charge is -2.30. The third-order valence-electron chi connectivity index (χ3n) is 4.32. The van der Waals surface area contributed by atoms with Gasteiger partial charge in [0.2, 0.25) is 5.91 Å². The number of nitrogens with zero attached hydrogens (tertiary/aromatic N) is 1. The Kier molecular flexibility index (Phi) is 5.40. The molecule has 114 valence electrons. The van der Waals surface area contributed by atoms with Crippen LogP contribution in [0.5, 0.6) is 0 Å². The summed E-state index contributed by atoms with van der Waals surface area (Å²) < 4.78 is 4.95. The maximum atomic E-state index is 12.4. The minimum atomic E-state index is -0.305. The number of hydrogen-bond acceptors (Lipinski definition) is 4. The van der Waals surface area contributed by atoms with Crippen molar-refractivity contribution in [3.63, 3.8) is 0 Å². The molecule has 5 nitrogen and oxygen atoms in total. The topological polar surface area (TPSA) is 72.6 Å². The Labute approximate surface area is 120 Å². The largest absolute Gasteiger partial charge is 0.465 e. The van der Waals surface area contributed by atoms with Gasteiger partial charge in [0.25, 0.3) is 0 Å². The van der Waals surface area contributed by atoms with Crippen LogP contribution >= 0.6 is 0 Å². The van der Waals surface area contributed by atoms with Gasteiger partial charge in [-0.3, -0.25) is 9.59 Å². The van der Waals surface area contributed by atoms with Crippen LogP contribution in [-0.2, 0) is 14.3 Å². The number of nitrogens with two attached hydrogens (primary N) is 1. The normalized spacial score (nSPS) is 26.1. The van der Waals surface area contributed by atoms with E-state index in [1.54, 1.807) is 11.8 Å². The molecule has 5 heteroatoms. The standard InChI is InChI=1S/C15H26N2O3/c1-2-20-15(19)10-17(12-7-8-12)14(18)9-11-5-3-4-6-13(11)16/h11-13H,2-10,16H2,1H3. The van der Waals surface area contributed by atoms with E-state index in [9.17, 15) is 9.59 Å². The Morgan fingerprint density at radius 1 is 1.20 bits per heavy atom. The molecule has 0 saturated heterocycles. The van der Waals surface area contributed by atoms with Crippen LogP contribution in [0.15, 0.2) is 0 Å². The van der Waals surface area contributed by atoms with Gasteiger partial charge in [-0.2, -0.15) is 0 Å². The summed E-state index contributed by atoms with van der Waals surface area (Å²) in [5, 5.41) is 0. The highest BCUT2D eigenvalue weighted by Gasteiger charge is 2.35. The molecule has 0 aromatic carbocycles. The molecule has 0 heterocycles. The maximum absolute atomic E-state index is 12.4. The van der Waals surface area contributed by atoms with E-state index >= 15 is 0 Å². The summed E-state index contributed by atoms with van der Waals surface area (Å²) in [7, 11) is 0. The lowest BCUT2D eigenvalue weighted by atomic mass is 9.82. The smallest absolute Gasteiger partial charge is 0.325 e. The van der Waals surface area contributed by atoms with Gasteiger partial charge in [-0.25, -0.2) is 0 Å². The summed E-state index contributed by atoms with van der Waals surface area (Å²) in [5.74, 6) is 0.0447. The number of carbonyl (C=O) groups excluding carboxylic acids is 2. The fourth-order valence-corrected chi connectivity index (χ4v) is 2.98. The van der Waals surface area contributed by atoms with Crippen LogP contribution < -0.4 is 5.73 Å². The molecular weight excluding hydrogens is 256 g/mol. The molecule has 0 aromatic rings. The Hall–Kier alpha value is -1.10. The molecule has 0 spiro atoms. The van der Waals surface area contributed by atoms with Crippen molar-refractivity contribution in [2.75, 3.05) is 13.2 Å². The molecule has 0 aliphatic heterocycles. The lowest BCUT2D eigenvalue weighted by molar-refractivity contribution is -0.149. The maximum Gasteiger partial charge on any atom is 0.325 e. The molecule has 0 aromatic heterocycles. The Morgan fingerprint density at radius 2 is 1.90 bits per heavy atom. The van der Waals surface area contributed by atoms with Crippen molar-refractivity contribution in [2.24, 2.45) is 11.7 Å². The number of ether oxygens (including phenoxy) is 1. The molecule has 2 rings (SSSR count). The van der Waals surface area contributed by atoms with Crippen molar-refractivity contribution in [1.82, 2.24) is 4.90 Å². The van der Waals surface area contributed by atoms with Gasteiger partial charge in [0.15, 0.2) is 0 Å². The first-order valence-corrected chi connectivity index (χ1v) is 7.82. The minimum Gasteiger partial charge on any atom is -0.465 e. The van der Waals surface area contributed by atoms with Crippen LogP contribution in [0.2, 0.25) is 0 Å². The van der Waals surface area contributed by atoms with Crippen molar-refractivity contribution in [1.29, 1.82) is 0 Å². The first-order chi connectivity index (χ1) is 9.61. The third kappa shape index (κ3) is 4.20. The fourth-order valence-electron chi connectivity index (χ4n) is 2.98. The molecule has 2 aliphatic rings. The first kappa shape index (κ1) is 15.3. The Balaban J connectivity index is 1.88.